The maximum absolute atomic E-state index is 13.6. The van der Waals surface area contributed by atoms with Crippen LogP contribution in [0.4, 0.5) is 21.6 Å². The second-order valence-electron chi connectivity index (χ2n) is 9.72. The van der Waals surface area contributed by atoms with E-state index in [4.69, 9.17) is 25.8 Å². The van der Waals surface area contributed by atoms with Crippen LogP contribution in [0.25, 0.3) is 10.9 Å². The van der Waals surface area contributed by atoms with E-state index < -0.39 is 17.3 Å². The lowest BCUT2D eigenvalue weighted by Gasteiger charge is -2.43. The molecule has 0 saturated carbocycles. The van der Waals surface area contributed by atoms with E-state index >= 15 is 0 Å². The number of hydrogen-bond donors (Lipinski definition) is 2. The Morgan fingerprint density at radius 3 is 2.85 bits per heavy atom. The summed E-state index contributed by atoms with van der Waals surface area (Å²) in [7, 11) is 0. The molecule has 3 aromatic rings. The van der Waals surface area contributed by atoms with E-state index in [1.807, 2.05) is 0 Å². The van der Waals surface area contributed by atoms with Crippen LogP contribution in [0.1, 0.15) is 19.3 Å². The van der Waals surface area contributed by atoms with Crippen molar-refractivity contribution in [1.29, 1.82) is 0 Å². The number of ether oxygens (including phenoxy) is 3. The predicted octanol–water partition coefficient (Wildman–Crippen LogP) is 4.47. The van der Waals surface area contributed by atoms with Crippen LogP contribution in [0, 0.1) is 5.82 Å². The molecule has 2 aliphatic heterocycles. The predicted molar refractivity (Wildman–Crippen MR) is 148 cm³/mol. The molecule has 5 rings (SSSR count). The van der Waals surface area contributed by atoms with E-state index in [0.717, 1.165) is 6.08 Å². The van der Waals surface area contributed by atoms with Gasteiger partial charge in [0.15, 0.2) is 0 Å². The van der Waals surface area contributed by atoms with Gasteiger partial charge in [0.1, 0.15) is 29.3 Å². The number of benzene rings is 2. The van der Waals surface area contributed by atoms with Gasteiger partial charge in [-0.2, -0.15) is 0 Å². The van der Waals surface area contributed by atoms with Gasteiger partial charge in [-0.15, -0.1) is 0 Å². The van der Waals surface area contributed by atoms with Crippen molar-refractivity contribution >= 4 is 51.6 Å². The Kier molecular flexibility index (Phi) is 8.43. The maximum Gasteiger partial charge on any atom is 0.320 e. The minimum absolute atomic E-state index is 0.0256. The molecular weight excluding hydrogens is 541 g/mol. The lowest BCUT2D eigenvalue weighted by Crippen LogP contribution is -2.56. The molecule has 1 spiro atoms. The number of nitrogens with zero attached hydrogens (tertiary/aromatic N) is 3. The quantitative estimate of drug-likeness (QED) is 0.219. The van der Waals surface area contributed by atoms with E-state index in [-0.39, 0.29) is 17.5 Å². The Labute approximate surface area is 235 Å². The van der Waals surface area contributed by atoms with Gasteiger partial charge in [-0.25, -0.2) is 14.4 Å². The highest BCUT2D eigenvalue weighted by Gasteiger charge is 2.42. The summed E-state index contributed by atoms with van der Waals surface area (Å²) in [4.78, 5) is 35.2. The van der Waals surface area contributed by atoms with Crippen molar-refractivity contribution in [3.05, 3.63) is 60.2 Å². The zero-order valence-electron chi connectivity index (χ0n) is 21.8. The third-order valence-electron chi connectivity index (χ3n) is 6.84. The van der Waals surface area contributed by atoms with Crippen molar-refractivity contribution in [2.75, 3.05) is 50.1 Å². The van der Waals surface area contributed by atoms with Gasteiger partial charge in [-0.1, -0.05) is 18.2 Å². The van der Waals surface area contributed by atoms with Crippen molar-refractivity contribution < 1.29 is 28.2 Å². The number of esters is 1. The standard InChI is InChI=1S/C28H29ClFN5O5/c1-2-25(36)34-23-13-19-22(31-17-32-27(19)33-18-4-5-21(30)20(29)12-18)14-24(23)39-9-3-8-35-15-26(37)40-28(16-35)6-10-38-11-7-28/h2,4-5,12-14,17H,1,3,6-11,15-16H2,(H,34,36)(H,31,32,33). The van der Waals surface area contributed by atoms with Crippen molar-refractivity contribution in [2.24, 2.45) is 0 Å². The van der Waals surface area contributed by atoms with Gasteiger partial charge in [-0.3, -0.25) is 14.5 Å². The van der Waals surface area contributed by atoms with E-state index in [2.05, 4.69) is 32.1 Å². The van der Waals surface area contributed by atoms with Crippen LogP contribution in [-0.2, 0) is 19.1 Å². The van der Waals surface area contributed by atoms with Crippen LogP contribution in [0.15, 0.2) is 49.3 Å². The number of fused-ring (bicyclic) bond motifs is 1. The van der Waals surface area contributed by atoms with Gasteiger partial charge in [0.25, 0.3) is 0 Å². The molecule has 1 aromatic heterocycles. The Balaban J connectivity index is 1.30. The third kappa shape index (κ3) is 6.49. The molecule has 2 aliphatic rings. The van der Waals surface area contributed by atoms with E-state index in [9.17, 15) is 14.0 Å². The fourth-order valence-corrected chi connectivity index (χ4v) is 5.06. The van der Waals surface area contributed by atoms with E-state index in [1.165, 1.54) is 18.5 Å². The molecule has 0 atom stereocenters. The number of carbonyl (C=O) groups excluding carboxylic acids is 2. The molecule has 2 saturated heterocycles. The molecular formula is C28H29ClFN5O5. The molecule has 2 N–H and O–H groups in total. The molecule has 0 bridgehead atoms. The van der Waals surface area contributed by atoms with Gasteiger partial charge < -0.3 is 24.8 Å². The Morgan fingerprint density at radius 1 is 1.25 bits per heavy atom. The largest absolute Gasteiger partial charge is 0.491 e. The zero-order chi connectivity index (χ0) is 28.1. The van der Waals surface area contributed by atoms with Gasteiger partial charge in [0, 0.05) is 43.1 Å². The van der Waals surface area contributed by atoms with Crippen LogP contribution >= 0.6 is 11.6 Å². The highest BCUT2D eigenvalue weighted by atomic mass is 35.5. The summed E-state index contributed by atoms with van der Waals surface area (Å²) in [6, 6.07) is 7.67. The fraction of sp³-hybridized carbons (Fsp3) is 0.357. The lowest BCUT2D eigenvalue weighted by atomic mass is 9.92. The number of aromatic nitrogens is 2. The Bertz CT molecular complexity index is 1430. The van der Waals surface area contributed by atoms with Crippen LogP contribution in [0.3, 0.4) is 0 Å². The van der Waals surface area contributed by atoms with Gasteiger partial charge >= 0.3 is 5.97 Å². The minimum atomic E-state index is -0.528. The van der Waals surface area contributed by atoms with Crippen molar-refractivity contribution in [1.82, 2.24) is 14.9 Å². The molecule has 40 heavy (non-hydrogen) atoms. The molecule has 1 amide bonds. The summed E-state index contributed by atoms with van der Waals surface area (Å²) in [6.07, 6.45) is 4.60. The second-order valence-corrected chi connectivity index (χ2v) is 10.1. The molecule has 0 aliphatic carbocycles. The van der Waals surface area contributed by atoms with Crippen molar-refractivity contribution in [3.8, 4) is 5.75 Å². The fourth-order valence-electron chi connectivity index (χ4n) is 4.88. The normalized spacial score (nSPS) is 16.9. The SMILES string of the molecule is C=CC(=O)Nc1cc2c(Nc3ccc(F)c(Cl)c3)ncnc2cc1OCCCN1CC(=O)OC2(CCOCC2)C1. The van der Waals surface area contributed by atoms with Crippen LogP contribution in [-0.4, -0.2) is 71.8 Å². The van der Waals surface area contributed by atoms with Crippen LogP contribution in [0.5, 0.6) is 5.75 Å². The number of halogens is 2. The number of morpholine rings is 1. The highest BCUT2D eigenvalue weighted by Crippen LogP contribution is 2.34. The van der Waals surface area contributed by atoms with Gasteiger partial charge in [0.05, 0.1) is 42.6 Å². The van der Waals surface area contributed by atoms with Gasteiger partial charge in [-0.05, 0) is 36.8 Å². The van der Waals surface area contributed by atoms with Crippen molar-refractivity contribution in [2.45, 2.75) is 24.9 Å². The average molecular weight is 570 g/mol. The first-order chi connectivity index (χ1) is 19.3. The summed E-state index contributed by atoms with van der Waals surface area (Å²) in [5.74, 6) is -0.290. The molecule has 0 unspecified atom stereocenters. The van der Waals surface area contributed by atoms with E-state index in [0.29, 0.717) is 86.0 Å². The topological polar surface area (TPSA) is 115 Å². The maximum atomic E-state index is 13.6. The molecule has 12 heteroatoms. The first-order valence-corrected chi connectivity index (χ1v) is 13.3. The zero-order valence-corrected chi connectivity index (χ0v) is 22.5. The highest BCUT2D eigenvalue weighted by molar-refractivity contribution is 6.31. The second kappa shape index (κ2) is 12.2. The summed E-state index contributed by atoms with van der Waals surface area (Å²) in [6.45, 7) is 6.60. The molecule has 2 aromatic carbocycles. The lowest BCUT2D eigenvalue weighted by molar-refractivity contribution is -0.186. The summed E-state index contributed by atoms with van der Waals surface area (Å²) >= 11 is 5.92. The molecule has 0 radical (unpaired) electrons. The molecule has 3 heterocycles. The molecule has 10 nitrogen and oxygen atoms in total. The number of amides is 1. The van der Waals surface area contributed by atoms with Crippen LogP contribution < -0.4 is 15.4 Å². The van der Waals surface area contributed by atoms with Gasteiger partial charge in [0.2, 0.25) is 5.91 Å². The monoisotopic (exact) mass is 569 g/mol. The number of anilines is 3. The number of hydrogen-bond acceptors (Lipinski definition) is 9. The van der Waals surface area contributed by atoms with Crippen molar-refractivity contribution in [3.63, 3.8) is 0 Å². The number of rotatable bonds is 9. The number of carbonyl (C=O) groups is 2. The number of nitrogens with one attached hydrogen (secondary N) is 2. The summed E-state index contributed by atoms with van der Waals surface area (Å²) in [5.41, 5.74) is 1.04. The summed E-state index contributed by atoms with van der Waals surface area (Å²) in [5, 5.41) is 6.47. The van der Waals surface area contributed by atoms with E-state index in [1.54, 1.807) is 18.2 Å². The third-order valence-corrected chi connectivity index (χ3v) is 7.13. The minimum Gasteiger partial charge on any atom is -0.491 e. The Morgan fingerprint density at radius 2 is 2.08 bits per heavy atom. The first kappa shape index (κ1) is 27.8. The Hall–Kier alpha value is -3.80. The smallest absolute Gasteiger partial charge is 0.320 e. The average Bonchev–Trinajstić information content (AvgIpc) is 2.93. The first-order valence-electron chi connectivity index (χ1n) is 12.9. The molecule has 210 valence electrons. The molecule has 2 fully saturated rings. The summed E-state index contributed by atoms with van der Waals surface area (Å²) < 4.78 is 30.8. The van der Waals surface area contributed by atoms with Crippen LogP contribution in [0.2, 0.25) is 5.02 Å².